The maximum atomic E-state index is 12.1. The molecule has 1 aromatic carbocycles. The van der Waals surface area contributed by atoms with Crippen LogP contribution in [0.5, 0.6) is 5.75 Å². The minimum Gasteiger partial charge on any atom is -0.495 e. The number of nitrogens with two attached hydrogens (primary N) is 1. The standard InChI is InChI=1S/C11H14ClN5O2/c1-3-4-16-11(18)17(15-14-16)9-6-10(19-2)7(12)5-8(9)13/h5-6H,3-4,13H2,1-2H3. The number of hydrogen-bond donors (Lipinski definition) is 1. The Bertz CT molecular complexity index is 649. The van der Waals surface area contributed by atoms with Crippen molar-refractivity contribution < 1.29 is 4.74 Å². The molecule has 0 aliphatic carbocycles. The molecule has 2 aromatic rings. The molecule has 0 amide bonds. The van der Waals surface area contributed by atoms with E-state index in [-0.39, 0.29) is 5.69 Å². The third kappa shape index (κ3) is 2.41. The summed E-state index contributed by atoms with van der Waals surface area (Å²) in [5.74, 6) is 0.419. The molecule has 1 heterocycles. The third-order valence-corrected chi connectivity index (χ3v) is 2.90. The molecule has 0 saturated heterocycles. The van der Waals surface area contributed by atoms with Crippen LogP contribution in [0.3, 0.4) is 0 Å². The van der Waals surface area contributed by atoms with E-state index in [2.05, 4.69) is 10.4 Å². The second-order valence-electron chi connectivity index (χ2n) is 3.94. The van der Waals surface area contributed by atoms with Gasteiger partial charge in [0.15, 0.2) is 0 Å². The molecule has 0 saturated carbocycles. The number of halogens is 1. The summed E-state index contributed by atoms with van der Waals surface area (Å²) < 4.78 is 7.51. The van der Waals surface area contributed by atoms with Crippen LogP contribution in [0.25, 0.3) is 5.69 Å². The van der Waals surface area contributed by atoms with Gasteiger partial charge in [-0.25, -0.2) is 4.79 Å². The normalized spacial score (nSPS) is 10.7. The lowest BCUT2D eigenvalue weighted by Gasteiger charge is -2.08. The predicted molar refractivity (Wildman–Crippen MR) is 71.9 cm³/mol. The summed E-state index contributed by atoms with van der Waals surface area (Å²) in [7, 11) is 1.48. The van der Waals surface area contributed by atoms with E-state index < -0.39 is 0 Å². The van der Waals surface area contributed by atoms with Gasteiger partial charge in [-0.1, -0.05) is 18.5 Å². The van der Waals surface area contributed by atoms with Crippen molar-refractivity contribution >= 4 is 17.3 Å². The number of aromatic nitrogens is 4. The highest BCUT2D eigenvalue weighted by Crippen LogP contribution is 2.30. The van der Waals surface area contributed by atoms with Crippen LogP contribution in [0.1, 0.15) is 13.3 Å². The Morgan fingerprint density at radius 2 is 2.16 bits per heavy atom. The zero-order valence-corrected chi connectivity index (χ0v) is 11.4. The number of anilines is 1. The number of hydrogen-bond acceptors (Lipinski definition) is 5. The average Bonchev–Trinajstić information content (AvgIpc) is 2.72. The lowest BCUT2D eigenvalue weighted by atomic mass is 10.2. The number of rotatable bonds is 4. The molecule has 0 unspecified atom stereocenters. The molecule has 2 N–H and O–H groups in total. The van der Waals surface area contributed by atoms with E-state index in [4.69, 9.17) is 22.1 Å². The van der Waals surface area contributed by atoms with Gasteiger partial charge in [0.1, 0.15) is 5.75 Å². The largest absolute Gasteiger partial charge is 0.495 e. The Kier molecular flexibility index (Phi) is 3.75. The van der Waals surface area contributed by atoms with Gasteiger partial charge in [0.2, 0.25) is 0 Å². The second-order valence-corrected chi connectivity index (χ2v) is 4.35. The van der Waals surface area contributed by atoms with E-state index in [0.717, 1.165) is 11.1 Å². The van der Waals surface area contributed by atoms with E-state index in [1.165, 1.54) is 17.9 Å². The lowest BCUT2D eigenvalue weighted by Crippen LogP contribution is -2.24. The van der Waals surface area contributed by atoms with Gasteiger partial charge in [-0.05, 0) is 22.9 Å². The van der Waals surface area contributed by atoms with Crippen LogP contribution in [0, 0.1) is 0 Å². The van der Waals surface area contributed by atoms with Crippen molar-refractivity contribution in [2.45, 2.75) is 19.9 Å². The van der Waals surface area contributed by atoms with Crippen LogP contribution in [-0.4, -0.2) is 26.9 Å². The van der Waals surface area contributed by atoms with E-state index in [9.17, 15) is 4.79 Å². The summed E-state index contributed by atoms with van der Waals surface area (Å²) in [6.45, 7) is 2.45. The first kappa shape index (κ1) is 13.4. The van der Waals surface area contributed by atoms with E-state index in [1.54, 1.807) is 6.07 Å². The fourth-order valence-electron chi connectivity index (χ4n) is 1.68. The molecule has 0 radical (unpaired) electrons. The van der Waals surface area contributed by atoms with E-state index in [1.807, 2.05) is 6.92 Å². The number of benzene rings is 1. The summed E-state index contributed by atoms with van der Waals surface area (Å²) in [6, 6.07) is 3.07. The van der Waals surface area contributed by atoms with Gasteiger partial charge in [-0.2, -0.15) is 9.36 Å². The number of aryl methyl sites for hydroxylation is 1. The molecule has 0 fully saturated rings. The summed E-state index contributed by atoms with van der Waals surface area (Å²) in [5.41, 5.74) is 6.23. The lowest BCUT2D eigenvalue weighted by molar-refractivity contribution is 0.414. The average molecular weight is 284 g/mol. The molecule has 0 spiro atoms. The van der Waals surface area contributed by atoms with Crippen molar-refractivity contribution in [3.05, 3.63) is 27.6 Å². The summed E-state index contributed by atoms with van der Waals surface area (Å²) in [5, 5.41) is 7.97. The van der Waals surface area contributed by atoms with Crippen LogP contribution in [-0.2, 0) is 6.54 Å². The van der Waals surface area contributed by atoms with Crippen molar-refractivity contribution in [1.82, 2.24) is 19.8 Å². The third-order valence-electron chi connectivity index (χ3n) is 2.60. The van der Waals surface area contributed by atoms with Gasteiger partial charge in [0, 0.05) is 12.6 Å². The van der Waals surface area contributed by atoms with Crippen molar-refractivity contribution in [3.63, 3.8) is 0 Å². The quantitative estimate of drug-likeness (QED) is 0.849. The zero-order valence-electron chi connectivity index (χ0n) is 10.6. The molecule has 102 valence electrons. The molecule has 7 nitrogen and oxygen atoms in total. The van der Waals surface area contributed by atoms with Crippen molar-refractivity contribution in [2.24, 2.45) is 0 Å². The Morgan fingerprint density at radius 3 is 2.79 bits per heavy atom. The highest BCUT2D eigenvalue weighted by molar-refractivity contribution is 6.32. The molecule has 0 atom stereocenters. The minimum atomic E-state index is -0.349. The van der Waals surface area contributed by atoms with Gasteiger partial charge < -0.3 is 10.5 Å². The smallest absolute Gasteiger partial charge is 0.368 e. The molecule has 8 heteroatoms. The van der Waals surface area contributed by atoms with E-state index in [0.29, 0.717) is 28.7 Å². The van der Waals surface area contributed by atoms with Gasteiger partial charge in [-0.15, -0.1) is 0 Å². The number of tetrazole rings is 1. The van der Waals surface area contributed by atoms with Crippen LogP contribution in [0.2, 0.25) is 5.02 Å². The zero-order chi connectivity index (χ0) is 14.0. The van der Waals surface area contributed by atoms with Crippen molar-refractivity contribution in [2.75, 3.05) is 12.8 Å². The van der Waals surface area contributed by atoms with Crippen LogP contribution >= 0.6 is 11.6 Å². The van der Waals surface area contributed by atoms with Crippen LogP contribution in [0.4, 0.5) is 5.69 Å². The Hall–Kier alpha value is -2.02. The summed E-state index contributed by atoms with van der Waals surface area (Å²) in [4.78, 5) is 12.1. The fraction of sp³-hybridized carbons (Fsp3) is 0.364. The number of ether oxygens (including phenoxy) is 1. The number of nitrogens with zero attached hydrogens (tertiary/aromatic N) is 4. The highest BCUT2D eigenvalue weighted by Gasteiger charge is 2.14. The molecule has 1 aromatic heterocycles. The van der Waals surface area contributed by atoms with Gasteiger partial charge in [0.05, 0.1) is 23.5 Å². The first-order valence-electron chi connectivity index (χ1n) is 5.74. The second kappa shape index (κ2) is 5.31. The monoisotopic (exact) mass is 283 g/mol. The first-order valence-corrected chi connectivity index (χ1v) is 6.12. The highest BCUT2D eigenvalue weighted by atomic mass is 35.5. The van der Waals surface area contributed by atoms with Crippen LogP contribution < -0.4 is 16.2 Å². The van der Waals surface area contributed by atoms with Crippen molar-refractivity contribution in [1.29, 1.82) is 0 Å². The first-order chi connectivity index (χ1) is 9.08. The van der Waals surface area contributed by atoms with Gasteiger partial charge >= 0.3 is 5.69 Å². The Balaban J connectivity index is 2.56. The fourth-order valence-corrected chi connectivity index (χ4v) is 1.92. The maximum Gasteiger partial charge on any atom is 0.368 e. The molecule has 0 bridgehead atoms. The minimum absolute atomic E-state index is 0.330. The Morgan fingerprint density at radius 1 is 1.42 bits per heavy atom. The molecule has 0 aliphatic rings. The Labute approximate surface area is 114 Å². The number of nitrogen functional groups attached to an aromatic ring is 1. The van der Waals surface area contributed by atoms with E-state index >= 15 is 0 Å². The topological polar surface area (TPSA) is 88.0 Å². The van der Waals surface area contributed by atoms with Gasteiger partial charge in [-0.3, -0.25) is 0 Å². The number of methoxy groups -OCH3 is 1. The SMILES string of the molecule is CCCn1nnn(-c2cc(OC)c(Cl)cc2N)c1=O. The molecule has 2 rings (SSSR count). The molecular weight excluding hydrogens is 270 g/mol. The van der Waals surface area contributed by atoms with Crippen molar-refractivity contribution in [3.8, 4) is 11.4 Å². The molecular formula is C11H14ClN5O2. The molecule has 19 heavy (non-hydrogen) atoms. The predicted octanol–water partition coefficient (Wildman–Crippen LogP) is 1.08. The van der Waals surface area contributed by atoms with Gasteiger partial charge in [0.25, 0.3) is 0 Å². The summed E-state index contributed by atoms with van der Waals surface area (Å²) in [6.07, 6.45) is 0.790. The molecule has 0 aliphatic heterocycles. The summed E-state index contributed by atoms with van der Waals surface area (Å²) >= 11 is 5.95. The maximum absolute atomic E-state index is 12.1. The van der Waals surface area contributed by atoms with Crippen LogP contribution in [0.15, 0.2) is 16.9 Å².